The van der Waals surface area contributed by atoms with Gasteiger partial charge < -0.3 is 5.11 Å². The van der Waals surface area contributed by atoms with Gasteiger partial charge in [-0.2, -0.15) is 0 Å². The van der Waals surface area contributed by atoms with Crippen LogP contribution in [0.1, 0.15) is 24.0 Å². The van der Waals surface area contributed by atoms with E-state index < -0.39 is 0 Å². The molecule has 1 heterocycles. The molecule has 1 N–H and O–H groups in total. The van der Waals surface area contributed by atoms with Crippen LogP contribution in [0.5, 0.6) is 0 Å². The minimum absolute atomic E-state index is 0.0765. The molecule has 2 rings (SSSR count). The molecule has 0 spiro atoms. The number of likely N-dealkylation sites (tertiary alicyclic amines) is 1. The summed E-state index contributed by atoms with van der Waals surface area (Å²) >= 11 is 0. The number of aliphatic hydroxyl groups excluding tert-OH is 1. The number of piperidine rings is 1. The molecule has 2 heteroatoms. The summed E-state index contributed by atoms with van der Waals surface area (Å²) in [6.45, 7) is 5.12. The van der Waals surface area contributed by atoms with E-state index in [1.54, 1.807) is 0 Å². The molecule has 1 aliphatic rings. The Kier molecular flexibility index (Phi) is 4.35. The van der Waals surface area contributed by atoms with Crippen LogP contribution < -0.4 is 0 Å². The molecule has 0 aliphatic carbocycles. The Bertz CT molecular complexity index is 361. The van der Waals surface area contributed by atoms with Crippen LogP contribution in [0, 0.1) is 6.92 Å². The highest BCUT2D eigenvalue weighted by atomic mass is 16.3. The average Bonchev–Trinajstić information content (AvgIpc) is 2.34. The van der Waals surface area contributed by atoms with Gasteiger partial charge in [-0.05, 0) is 25.3 Å². The Labute approximate surface area is 104 Å². The molecule has 2 nitrogen and oxygen atoms in total. The number of hydrogen-bond donors (Lipinski definition) is 1. The molecular weight excluding hydrogens is 210 g/mol. The van der Waals surface area contributed by atoms with Crippen LogP contribution in [0.15, 0.2) is 30.3 Å². The van der Waals surface area contributed by atoms with Crippen molar-refractivity contribution in [1.29, 1.82) is 0 Å². The standard InChI is InChI=1S/C15H21NO/c1-13-4-6-14(7-5-13)3-2-10-16-11-8-15(17)9-12-16/h2-7,15,17H,8-12H2,1H3. The van der Waals surface area contributed by atoms with Crippen LogP contribution in [-0.2, 0) is 0 Å². The summed E-state index contributed by atoms with van der Waals surface area (Å²) < 4.78 is 0. The van der Waals surface area contributed by atoms with Crippen molar-refractivity contribution in [2.45, 2.75) is 25.9 Å². The first-order valence-corrected chi connectivity index (χ1v) is 6.38. The van der Waals surface area contributed by atoms with Crippen molar-refractivity contribution in [2.75, 3.05) is 19.6 Å². The third-order valence-corrected chi connectivity index (χ3v) is 3.31. The van der Waals surface area contributed by atoms with Gasteiger partial charge in [-0.25, -0.2) is 0 Å². The maximum atomic E-state index is 9.41. The first-order chi connectivity index (χ1) is 8.24. The number of rotatable bonds is 3. The second-order valence-electron chi connectivity index (χ2n) is 4.84. The van der Waals surface area contributed by atoms with Crippen molar-refractivity contribution in [3.63, 3.8) is 0 Å². The Morgan fingerprint density at radius 3 is 2.53 bits per heavy atom. The van der Waals surface area contributed by atoms with Crippen LogP contribution in [0.2, 0.25) is 0 Å². The van der Waals surface area contributed by atoms with E-state index in [0.717, 1.165) is 32.5 Å². The molecule has 0 amide bonds. The summed E-state index contributed by atoms with van der Waals surface area (Å²) in [6.07, 6.45) is 6.14. The third kappa shape index (κ3) is 3.99. The first kappa shape index (κ1) is 12.3. The first-order valence-electron chi connectivity index (χ1n) is 6.38. The quantitative estimate of drug-likeness (QED) is 0.864. The molecule has 1 aromatic rings. The molecule has 1 saturated heterocycles. The molecule has 0 bridgehead atoms. The summed E-state index contributed by atoms with van der Waals surface area (Å²) in [4.78, 5) is 2.39. The molecule has 0 saturated carbocycles. The lowest BCUT2D eigenvalue weighted by Gasteiger charge is -2.28. The highest BCUT2D eigenvalue weighted by molar-refractivity contribution is 5.49. The zero-order chi connectivity index (χ0) is 12.1. The van der Waals surface area contributed by atoms with Crippen molar-refractivity contribution in [1.82, 2.24) is 4.90 Å². The van der Waals surface area contributed by atoms with Crippen molar-refractivity contribution in [2.24, 2.45) is 0 Å². The minimum Gasteiger partial charge on any atom is -0.393 e. The number of hydrogen-bond acceptors (Lipinski definition) is 2. The van der Waals surface area contributed by atoms with Crippen LogP contribution in [0.4, 0.5) is 0 Å². The van der Waals surface area contributed by atoms with Crippen LogP contribution in [0.25, 0.3) is 6.08 Å². The highest BCUT2D eigenvalue weighted by Gasteiger charge is 2.15. The second-order valence-corrected chi connectivity index (χ2v) is 4.84. The molecule has 1 fully saturated rings. The summed E-state index contributed by atoms with van der Waals surface area (Å²) in [6, 6.07) is 8.56. The summed E-state index contributed by atoms with van der Waals surface area (Å²) in [7, 11) is 0. The zero-order valence-corrected chi connectivity index (χ0v) is 10.5. The molecule has 0 unspecified atom stereocenters. The zero-order valence-electron chi connectivity index (χ0n) is 10.5. The monoisotopic (exact) mass is 231 g/mol. The van der Waals surface area contributed by atoms with Gasteiger partial charge in [0.1, 0.15) is 0 Å². The fourth-order valence-electron chi connectivity index (χ4n) is 2.12. The fraction of sp³-hybridized carbons (Fsp3) is 0.467. The molecule has 0 aromatic heterocycles. The van der Waals surface area contributed by atoms with Gasteiger partial charge in [-0.15, -0.1) is 0 Å². The van der Waals surface area contributed by atoms with E-state index in [2.05, 4.69) is 48.2 Å². The molecule has 0 radical (unpaired) electrons. The van der Waals surface area contributed by atoms with Gasteiger partial charge in [0.25, 0.3) is 0 Å². The van der Waals surface area contributed by atoms with Crippen LogP contribution >= 0.6 is 0 Å². The third-order valence-electron chi connectivity index (χ3n) is 3.31. The van der Waals surface area contributed by atoms with E-state index in [9.17, 15) is 5.11 Å². The molecule has 1 aliphatic heterocycles. The smallest absolute Gasteiger partial charge is 0.0564 e. The topological polar surface area (TPSA) is 23.5 Å². The Balaban J connectivity index is 1.79. The lowest BCUT2D eigenvalue weighted by atomic mass is 10.1. The fourth-order valence-corrected chi connectivity index (χ4v) is 2.12. The number of aryl methyl sites for hydroxylation is 1. The van der Waals surface area contributed by atoms with Gasteiger partial charge in [-0.1, -0.05) is 42.0 Å². The predicted octanol–water partition coefficient (Wildman–Crippen LogP) is 2.46. The minimum atomic E-state index is -0.0765. The average molecular weight is 231 g/mol. The van der Waals surface area contributed by atoms with Gasteiger partial charge >= 0.3 is 0 Å². The van der Waals surface area contributed by atoms with E-state index >= 15 is 0 Å². The molecule has 17 heavy (non-hydrogen) atoms. The van der Waals surface area contributed by atoms with Crippen LogP contribution in [0.3, 0.4) is 0 Å². The van der Waals surface area contributed by atoms with E-state index in [1.165, 1.54) is 11.1 Å². The van der Waals surface area contributed by atoms with Crippen molar-refractivity contribution in [3.05, 3.63) is 41.5 Å². The maximum absolute atomic E-state index is 9.41. The normalized spacial score (nSPS) is 18.9. The van der Waals surface area contributed by atoms with Gasteiger partial charge in [0.15, 0.2) is 0 Å². The Morgan fingerprint density at radius 2 is 1.88 bits per heavy atom. The number of benzene rings is 1. The molecular formula is C15H21NO. The Morgan fingerprint density at radius 1 is 1.24 bits per heavy atom. The van der Waals surface area contributed by atoms with Gasteiger partial charge in [0, 0.05) is 19.6 Å². The summed E-state index contributed by atoms with van der Waals surface area (Å²) in [5, 5.41) is 9.41. The van der Waals surface area contributed by atoms with E-state index in [0.29, 0.717) is 0 Å². The summed E-state index contributed by atoms with van der Waals surface area (Å²) in [5.41, 5.74) is 2.56. The number of nitrogens with zero attached hydrogens (tertiary/aromatic N) is 1. The predicted molar refractivity (Wildman–Crippen MR) is 71.9 cm³/mol. The van der Waals surface area contributed by atoms with Gasteiger partial charge in [-0.3, -0.25) is 4.90 Å². The highest BCUT2D eigenvalue weighted by Crippen LogP contribution is 2.10. The lowest BCUT2D eigenvalue weighted by Crippen LogP contribution is -2.35. The number of aliphatic hydroxyl groups is 1. The van der Waals surface area contributed by atoms with E-state index in [-0.39, 0.29) is 6.10 Å². The molecule has 0 atom stereocenters. The molecule has 92 valence electrons. The Hall–Kier alpha value is -1.12. The van der Waals surface area contributed by atoms with Crippen molar-refractivity contribution < 1.29 is 5.11 Å². The second kappa shape index (κ2) is 5.99. The molecule has 1 aromatic carbocycles. The maximum Gasteiger partial charge on any atom is 0.0564 e. The summed E-state index contributed by atoms with van der Waals surface area (Å²) in [5.74, 6) is 0. The van der Waals surface area contributed by atoms with Crippen molar-refractivity contribution >= 4 is 6.08 Å². The van der Waals surface area contributed by atoms with Gasteiger partial charge in [0.05, 0.1) is 6.10 Å². The van der Waals surface area contributed by atoms with Crippen molar-refractivity contribution in [3.8, 4) is 0 Å². The largest absolute Gasteiger partial charge is 0.393 e. The van der Waals surface area contributed by atoms with Crippen LogP contribution in [-0.4, -0.2) is 35.7 Å². The SMILES string of the molecule is Cc1ccc(C=CCN2CCC(O)CC2)cc1. The van der Waals surface area contributed by atoms with E-state index in [4.69, 9.17) is 0 Å². The van der Waals surface area contributed by atoms with E-state index in [1.807, 2.05) is 0 Å². The van der Waals surface area contributed by atoms with Gasteiger partial charge in [0.2, 0.25) is 0 Å². The lowest BCUT2D eigenvalue weighted by molar-refractivity contribution is 0.0881.